The van der Waals surface area contributed by atoms with E-state index in [2.05, 4.69) is 5.43 Å². The summed E-state index contributed by atoms with van der Waals surface area (Å²) in [6.45, 7) is 4.26. The third kappa shape index (κ3) is 3.85. The number of carbonyl (C=O) groups is 1. The van der Waals surface area contributed by atoms with Crippen LogP contribution < -0.4 is 11.3 Å². The number of anilines is 1. The molecular formula is C14H22ClN3O2. The average molecular weight is 300 g/mol. The molecule has 0 aliphatic heterocycles. The smallest absolute Gasteiger partial charge is 0.256 e. The number of hydrogen-bond acceptors (Lipinski definition) is 4. The van der Waals surface area contributed by atoms with Gasteiger partial charge in [-0.25, -0.2) is 0 Å². The van der Waals surface area contributed by atoms with Gasteiger partial charge in [-0.05, 0) is 31.0 Å². The molecule has 20 heavy (non-hydrogen) atoms. The maximum atomic E-state index is 12.7. The third-order valence-electron chi connectivity index (χ3n) is 3.35. The minimum absolute atomic E-state index is 0.0752. The van der Waals surface area contributed by atoms with Crippen molar-refractivity contribution >= 4 is 23.2 Å². The first kappa shape index (κ1) is 16.8. The molecule has 1 aromatic carbocycles. The van der Waals surface area contributed by atoms with E-state index in [1.165, 1.54) is 0 Å². The summed E-state index contributed by atoms with van der Waals surface area (Å²) in [5.41, 5.74) is 3.45. The van der Waals surface area contributed by atoms with Crippen LogP contribution in [0.25, 0.3) is 0 Å². The van der Waals surface area contributed by atoms with Gasteiger partial charge in [-0.1, -0.05) is 25.4 Å². The Labute approximate surface area is 124 Å². The molecule has 0 radical (unpaired) electrons. The number of aliphatic hydroxyl groups excluding tert-OH is 1. The number of nitrogens with zero attached hydrogens (tertiary/aromatic N) is 1. The summed E-state index contributed by atoms with van der Waals surface area (Å²) in [6.07, 6.45) is 1.66. The molecule has 0 fully saturated rings. The molecule has 0 spiro atoms. The Kier molecular flexibility index (Phi) is 6.78. The van der Waals surface area contributed by atoms with Crippen LogP contribution >= 0.6 is 11.6 Å². The number of rotatable bonds is 7. The van der Waals surface area contributed by atoms with Gasteiger partial charge in [0.1, 0.15) is 0 Å². The van der Waals surface area contributed by atoms with Crippen LogP contribution in [0, 0.1) is 0 Å². The summed E-state index contributed by atoms with van der Waals surface area (Å²) >= 11 is 5.96. The van der Waals surface area contributed by atoms with Crippen molar-refractivity contribution in [2.75, 3.05) is 18.6 Å². The summed E-state index contributed by atoms with van der Waals surface area (Å²) in [5, 5.41) is 9.67. The molecule has 4 N–H and O–H groups in total. The van der Waals surface area contributed by atoms with Crippen LogP contribution in [0.4, 0.5) is 5.69 Å². The molecule has 1 aromatic rings. The minimum atomic E-state index is -0.178. The lowest BCUT2D eigenvalue weighted by molar-refractivity contribution is 0.0623. The highest BCUT2D eigenvalue weighted by Gasteiger charge is 2.24. The molecule has 6 heteroatoms. The van der Waals surface area contributed by atoms with E-state index in [1.807, 2.05) is 13.8 Å². The molecule has 0 atom stereocenters. The van der Waals surface area contributed by atoms with Crippen LogP contribution in [0.3, 0.4) is 0 Å². The minimum Gasteiger partial charge on any atom is -0.395 e. The van der Waals surface area contributed by atoms with Crippen molar-refractivity contribution < 1.29 is 9.90 Å². The number of aliphatic hydroxyl groups is 1. The molecule has 1 rings (SSSR count). The summed E-state index contributed by atoms with van der Waals surface area (Å²) in [4.78, 5) is 14.4. The number of nitrogens with one attached hydrogen (secondary N) is 1. The van der Waals surface area contributed by atoms with Gasteiger partial charge in [0.05, 0.1) is 17.9 Å². The first-order valence-electron chi connectivity index (χ1n) is 6.76. The molecule has 0 aliphatic carbocycles. The Morgan fingerprint density at radius 2 is 2.10 bits per heavy atom. The molecule has 0 unspecified atom stereocenters. The van der Waals surface area contributed by atoms with Gasteiger partial charge < -0.3 is 15.4 Å². The van der Waals surface area contributed by atoms with Gasteiger partial charge in [0.15, 0.2) is 0 Å². The predicted octanol–water partition coefficient (Wildman–Crippen LogP) is 2.25. The molecule has 0 aliphatic rings. The molecular weight excluding hydrogens is 278 g/mol. The van der Waals surface area contributed by atoms with Gasteiger partial charge in [0.25, 0.3) is 5.91 Å². The van der Waals surface area contributed by atoms with Crippen molar-refractivity contribution in [2.45, 2.75) is 32.7 Å². The van der Waals surface area contributed by atoms with Crippen molar-refractivity contribution in [3.05, 3.63) is 28.8 Å². The second-order valence-electron chi connectivity index (χ2n) is 4.53. The summed E-state index contributed by atoms with van der Waals surface area (Å²) in [6, 6.07) is 5.01. The highest BCUT2D eigenvalue weighted by atomic mass is 35.5. The number of nitrogens with two attached hydrogens (primary N) is 1. The molecule has 0 saturated heterocycles. The highest BCUT2D eigenvalue weighted by molar-refractivity contribution is 6.31. The SMILES string of the molecule is CCC(CC)N(CCO)C(=O)c1cc(Cl)ccc1NN. The standard InChI is InChI=1S/C14H22ClN3O2/c1-3-11(4-2)18(7-8-19)14(20)12-9-10(15)5-6-13(12)17-16/h5-6,9,11,17,19H,3-4,7-8,16H2,1-2H3. The van der Waals surface area contributed by atoms with Gasteiger partial charge in [0.2, 0.25) is 0 Å². The lowest BCUT2D eigenvalue weighted by Gasteiger charge is -2.30. The Hall–Kier alpha value is -1.30. The number of nitrogen functional groups attached to an aromatic ring is 1. The van der Waals surface area contributed by atoms with Crippen molar-refractivity contribution in [1.29, 1.82) is 0 Å². The number of carbonyl (C=O) groups excluding carboxylic acids is 1. The fourth-order valence-electron chi connectivity index (χ4n) is 2.26. The lowest BCUT2D eigenvalue weighted by atomic mass is 10.1. The van der Waals surface area contributed by atoms with E-state index in [1.54, 1.807) is 23.1 Å². The fourth-order valence-corrected chi connectivity index (χ4v) is 2.43. The van der Waals surface area contributed by atoms with Crippen molar-refractivity contribution in [1.82, 2.24) is 4.90 Å². The lowest BCUT2D eigenvalue weighted by Crippen LogP contribution is -2.42. The van der Waals surface area contributed by atoms with Gasteiger partial charge >= 0.3 is 0 Å². The van der Waals surface area contributed by atoms with Gasteiger partial charge in [-0.15, -0.1) is 0 Å². The predicted molar refractivity (Wildman–Crippen MR) is 81.8 cm³/mol. The van der Waals surface area contributed by atoms with Crippen LogP contribution in [0.5, 0.6) is 0 Å². The second-order valence-corrected chi connectivity index (χ2v) is 4.96. The summed E-state index contributed by atoms with van der Waals surface area (Å²) in [7, 11) is 0. The third-order valence-corrected chi connectivity index (χ3v) is 3.59. The van der Waals surface area contributed by atoms with E-state index in [0.29, 0.717) is 22.8 Å². The number of benzene rings is 1. The topological polar surface area (TPSA) is 78.6 Å². The molecule has 5 nitrogen and oxygen atoms in total. The Morgan fingerprint density at radius 1 is 1.45 bits per heavy atom. The van der Waals surface area contributed by atoms with E-state index in [-0.39, 0.29) is 18.6 Å². The van der Waals surface area contributed by atoms with Gasteiger partial charge in [0, 0.05) is 17.6 Å². The van der Waals surface area contributed by atoms with E-state index in [0.717, 1.165) is 12.8 Å². The van der Waals surface area contributed by atoms with Crippen LogP contribution in [-0.2, 0) is 0 Å². The zero-order valence-electron chi connectivity index (χ0n) is 11.9. The Bertz CT molecular complexity index is 450. The number of hydrogen-bond donors (Lipinski definition) is 3. The highest BCUT2D eigenvalue weighted by Crippen LogP contribution is 2.23. The van der Waals surface area contributed by atoms with Crippen LogP contribution in [0.1, 0.15) is 37.0 Å². The Morgan fingerprint density at radius 3 is 2.60 bits per heavy atom. The van der Waals surface area contributed by atoms with Crippen molar-refractivity contribution in [3.8, 4) is 0 Å². The average Bonchev–Trinajstić information content (AvgIpc) is 2.46. The van der Waals surface area contributed by atoms with Crippen LogP contribution in [0.2, 0.25) is 5.02 Å². The number of amides is 1. The first-order chi connectivity index (χ1) is 9.58. The Balaban J connectivity index is 3.14. The molecule has 0 heterocycles. The van der Waals surface area contributed by atoms with Crippen LogP contribution in [0.15, 0.2) is 18.2 Å². The van der Waals surface area contributed by atoms with Crippen molar-refractivity contribution in [3.63, 3.8) is 0 Å². The summed E-state index contributed by atoms with van der Waals surface area (Å²) in [5.74, 6) is 5.26. The number of halogens is 1. The maximum absolute atomic E-state index is 12.7. The van der Waals surface area contributed by atoms with Crippen molar-refractivity contribution in [2.24, 2.45) is 5.84 Å². The van der Waals surface area contributed by atoms with E-state index in [9.17, 15) is 9.90 Å². The molecule has 1 amide bonds. The monoisotopic (exact) mass is 299 g/mol. The zero-order valence-corrected chi connectivity index (χ0v) is 12.7. The number of hydrazine groups is 1. The fraction of sp³-hybridized carbons (Fsp3) is 0.500. The van der Waals surface area contributed by atoms with Gasteiger partial charge in [-0.3, -0.25) is 10.6 Å². The maximum Gasteiger partial charge on any atom is 0.256 e. The molecule has 0 saturated carbocycles. The van der Waals surface area contributed by atoms with E-state index < -0.39 is 0 Å². The molecule has 0 bridgehead atoms. The first-order valence-corrected chi connectivity index (χ1v) is 7.14. The largest absolute Gasteiger partial charge is 0.395 e. The second kappa shape index (κ2) is 8.09. The molecule has 0 aromatic heterocycles. The van der Waals surface area contributed by atoms with Crippen LogP contribution in [-0.4, -0.2) is 35.1 Å². The van der Waals surface area contributed by atoms with E-state index in [4.69, 9.17) is 17.4 Å². The van der Waals surface area contributed by atoms with E-state index >= 15 is 0 Å². The summed E-state index contributed by atoms with van der Waals surface area (Å²) < 4.78 is 0. The van der Waals surface area contributed by atoms with Gasteiger partial charge in [-0.2, -0.15) is 0 Å². The molecule has 112 valence electrons. The normalized spacial score (nSPS) is 10.7. The quantitative estimate of drug-likeness (QED) is 0.533. The zero-order chi connectivity index (χ0) is 15.1.